The third-order valence-electron chi connectivity index (χ3n) is 5.23. The van der Waals surface area contributed by atoms with Gasteiger partial charge in [0.05, 0.1) is 12.2 Å². The Hall–Kier alpha value is -1.58. The molecule has 2 aromatic rings. The minimum atomic E-state index is -1.92. The molecule has 0 spiro atoms. The molecule has 1 radical (unpaired) electrons. The molecule has 0 amide bonds. The van der Waals surface area contributed by atoms with Crippen LogP contribution in [0.1, 0.15) is 20.8 Å². The number of hydrogen-bond donors (Lipinski definition) is 3. The van der Waals surface area contributed by atoms with Crippen LogP contribution in [-0.2, 0) is 14.2 Å². The van der Waals surface area contributed by atoms with Crippen LogP contribution in [0.4, 0.5) is 0 Å². The van der Waals surface area contributed by atoms with E-state index in [4.69, 9.17) is 14.2 Å². The summed E-state index contributed by atoms with van der Waals surface area (Å²) in [5.41, 5.74) is -1.98. The predicted molar refractivity (Wildman–Crippen MR) is 116 cm³/mol. The van der Waals surface area contributed by atoms with Gasteiger partial charge in [0, 0.05) is 7.11 Å². The summed E-state index contributed by atoms with van der Waals surface area (Å²) >= 11 is 0. The summed E-state index contributed by atoms with van der Waals surface area (Å²) in [6, 6.07) is 19.4. The normalized spacial score (nSPS) is 29.9. The van der Waals surface area contributed by atoms with Crippen LogP contribution in [-0.4, -0.2) is 73.3 Å². The Labute approximate surface area is 179 Å². The van der Waals surface area contributed by atoms with Gasteiger partial charge in [-0.05, 0) is 20.8 Å². The molecule has 0 bridgehead atoms. The van der Waals surface area contributed by atoms with Crippen LogP contribution in [0.15, 0.2) is 60.7 Å². The van der Waals surface area contributed by atoms with Crippen molar-refractivity contribution in [3.8, 4) is 0 Å². The SMILES string of the molecule is CO[C@]1([Si](c2ccccc2)c2ccccc2)O[C@H](COC(C)(C)C)[C@@H](O)[C@H](O)[C@H]1O. The summed E-state index contributed by atoms with van der Waals surface area (Å²) in [5.74, 6) is 0. The van der Waals surface area contributed by atoms with Gasteiger partial charge < -0.3 is 29.5 Å². The van der Waals surface area contributed by atoms with E-state index in [0.29, 0.717) is 0 Å². The molecule has 2 aromatic carbocycles. The minimum absolute atomic E-state index is 0.0539. The number of aliphatic hydroxyl groups is 3. The lowest BCUT2D eigenvalue weighted by molar-refractivity contribution is -0.324. The van der Waals surface area contributed by atoms with Gasteiger partial charge in [-0.2, -0.15) is 0 Å². The van der Waals surface area contributed by atoms with E-state index in [0.717, 1.165) is 10.4 Å². The van der Waals surface area contributed by atoms with E-state index in [9.17, 15) is 15.3 Å². The monoisotopic (exact) mass is 431 g/mol. The summed E-state index contributed by atoms with van der Waals surface area (Å²) < 4.78 is 18.0. The highest BCUT2D eigenvalue weighted by Gasteiger charge is 2.59. The smallest absolute Gasteiger partial charge is 0.198 e. The fourth-order valence-electron chi connectivity index (χ4n) is 3.72. The van der Waals surface area contributed by atoms with Crippen LogP contribution >= 0.6 is 0 Å². The molecule has 5 atom stereocenters. The third kappa shape index (κ3) is 4.68. The highest BCUT2D eigenvalue weighted by Crippen LogP contribution is 2.34. The van der Waals surface area contributed by atoms with Crippen LogP contribution in [0.5, 0.6) is 0 Å². The van der Waals surface area contributed by atoms with Crippen molar-refractivity contribution in [2.45, 2.75) is 56.2 Å². The molecule has 0 unspecified atom stereocenters. The molecular weight excluding hydrogens is 400 g/mol. The van der Waals surface area contributed by atoms with E-state index < -0.39 is 44.2 Å². The fourth-order valence-corrected chi connectivity index (χ4v) is 6.85. The lowest BCUT2D eigenvalue weighted by Gasteiger charge is -2.51. The molecule has 6 nitrogen and oxygen atoms in total. The van der Waals surface area contributed by atoms with Crippen molar-refractivity contribution in [3.63, 3.8) is 0 Å². The molecule has 163 valence electrons. The first-order valence-corrected chi connectivity index (χ1v) is 11.6. The zero-order valence-corrected chi connectivity index (χ0v) is 18.9. The van der Waals surface area contributed by atoms with Crippen LogP contribution in [0.2, 0.25) is 0 Å². The summed E-state index contributed by atoms with van der Waals surface area (Å²) in [5, 5.41) is 34.4. The largest absolute Gasteiger partial charge is 0.387 e. The van der Waals surface area contributed by atoms with Crippen molar-refractivity contribution in [2.24, 2.45) is 0 Å². The van der Waals surface area contributed by atoms with Crippen molar-refractivity contribution in [3.05, 3.63) is 60.7 Å². The molecule has 1 fully saturated rings. The first-order chi connectivity index (χ1) is 14.2. The Morgan fingerprint density at radius 1 is 0.900 bits per heavy atom. The van der Waals surface area contributed by atoms with E-state index in [1.807, 2.05) is 81.4 Å². The number of hydrogen-bond acceptors (Lipinski definition) is 6. The van der Waals surface area contributed by atoms with Crippen molar-refractivity contribution in [1.82, 2.24) is 0 Å². The number of methoxy groups -OCH3 is 1. The summed E-state index contributed by atoms with van der Waals surface area (Å²) in [6.07, 6.45) is -5.06. The highest BCUT2D eigenvalue weighted by molar-refractivity contribution is 6.87. The van der Waals surface area contributed by atoms with Gasteiger partial charge in [0.15, 0.2) is 14.2 Å². The quantitative estimate of drug-likeness (QED) is 0.577. The lowest BCUT2D eigenvalue weighted by Crippen LogP contribution is -2.76. The predicted octanol–water partition coefficient (Wildman–Crippen LogP) is 0.474. The van der Waals surface area contributed by atoms with E-state index in [-0.39, 0.29) is 6.61 Å². The van der Waals surface area contributed by atoms with Crippen LogP contribution < -0.4 is 10.4 Å². The first kappa shape index (κ1) is 23.1. The van der Waals surface area contributed by atoms with Crippen LogP contribution in [0, 0.1) is 0 Å². The second-order valence-corrected chi connectivity index (χ2v) is 11.1. The molecular formula is C23H31O6Si. The molecule has 0 aliphatic carbocycles. The van der Waals surface area contributed by atoms with Crippen LogP contribution in [0.3, 0.4) is 0 Å². The van der Waals surface area contributed by atoms with E-state index in [2.05, 4.69) is 0 Å². The van der Waals surface area contributed by atoms with Crippen molar-refractivity contribution >= 4 is 19.2 Å². The number of benzene rings is 2. The first-order valence-electron chi connectivity index (χ1n) is 10.1. The Kier molecular flexibility index (Phi) is 7.14. The molecule has 3 N–H and O–H groups in total. The van der Waals surface area contributed by atoms with E-state index >= 15 is 0 Å². The zero-order chi connectivity index (χ0) is 21.9. The second-order valence-electron chi connectivity index (χ2n) is 8.48. The standard InChI is InChI=1S/C23H31O6Si/c1-22(2,3)28-15-18-19(24)20(25)21(26)23(27-4,29-18)30(16-11-7-5-8-12-16)17-13-9-6-10-14-17/h5-14,18-21,24-26H,15H2,1-4H3/t18-,19-,20+,21-,23+/m1/s1. The van der Waals surface area contributed by atoms with Gasteiger partial charge in [-0.25, -0.2) is 0 Å². The van der Waals surface area contributed by atoms with Crippen molar-refractivity contribution in [2.75, 3.05) is 13.7 Å². The van der Waals surface area contributed by atoms with Gasteiger partial charge in [-0.1, -0.05) is 71.0 Å². The van der Waals surface area contributed by atoms with Crippen LogP contribution in [0.25, 0.3) is 0 Å². The van der Waals surface area contributed by atoms with Gasteiger partial charge in [0.1, 0.15) is 24.4 Å². The minimum Gasteiger partial charge on any atom is -0.387 e. The van der Waals surface area contributed by atoms with Gasteiger partial charge >= 0.3 is 0 Å². The maximum Gasteiger partial charge on any atom is 0.198 e. The van der Waals surface area contributed by atoms with Crippen molar-refractivity contribution < 1.29 is 29.5 Å². The summed E-state index contributed by atoms with van der Waals surface area (Å²) in [4.78, 5) is 0. The van der Waals surface area contributed by atoms with Gasteiger partial charge in [-0.3, -0.25) is 0 Å². The Morgan fingerprint density at radius 3 is 1.83 bits per heavy atom. The molecule has 1 aliphatic rings. The van der Waals surface area contributed by atoms with Gasteiger partial charge in [-0.15, -0.1) is 0 Å². The average molecular weight is 432 g/mol. The Balaban J connectivity index is 2.08. The number of aliphatic hydroxyl groups excluding tert-OH is 3. The summed E-state index contributed by atoms with van der Waals surface area (Å²) in [6.45, 7) is 5.76. The molecule has 1 heterocycles. The molecule has 0 saturated carbocycles. The molecule has 30 heavy (non-hydrogen) atoms. The van der Waals surface area contributed by atoms with E-state index in [1.165, 1.54) is 7.11 Å². The van der Waals surface area contributed by atoms with Crippen molar-refractivity contribution in [1.29, 1.82) is 0 Å². The van der Waals surface area contributed by atoms with E-state index in [1.54, 1.807) is 0 Å². The molecule has 3 rings (SSSR count). The van der Waals surface area contributed by atoms with Gasteiger partial charge in [0.25, 0.3) is 0 Å². The Morgan fingerprint density at radius 2 is 1.40 bits per heavy atom. The number of ether oxygens (including phenoxy) is 3. The molecule has 0 aromatic heterocycles. The average Bonchev–Trinajstić information content (AvgIpc) is 2.74. The lowest BCUT2D eigenvalue weighted by atomic mass is 9.98. The third-order valence-corrected chi connectivity index (χ3v) is 8.36. The highest BCUT2D eigenvalue weighted by atomic mass is 28.3. The topological polar surface area (TPSA) is 88.4 Å². The number of rotatable bonds is 6. The van der Waals surface area contributed by atoms with Gasteiger partial charge in [0.2, 0.25) is 0 Å². The fraction of sp³-hybridized carbons (Fsp3) is 0.478. The molecule has 1 aliphatic heterocycles. The zero-order valence-electron chi connectivity index (χ0n) is 17.9. The maximum atomic E-state index is 11.1. The second kappa shape index (κ2) is 9.28. The molecule has 1 saturated heterocycles. The molecule has 7 heteroatoms. The summed E-state index contributed by atoms with van der Waals surface area (Å²) in [7, 11) is -0.457. The Bertz CT molecular complexity index is 757. The maximum absolute atomic E-state index is 11.1.